The van der Waals surface area contributed by atoms with Crippen LogP contribution in [-0.4, -0.2) is 50.9 Å². The van der Waals surface area contributed by atoms with Gasteiger partial charge in [0.1, 0.15) is 6.04 Å². The quantitative estimate of drug-likeness (QED) is 0.478. The molecule has 0 aromatic carbocycles. The van der Waals surface area contributed by atoms with Gasteiger partial charge in [-0.2, -0.15) is 11.8 Å². The molecule has 14 heavy (non-hydrogen) atoms. The Balaban J connectivity index is 3.67. The molecule has 84 valence electrons. The number of hydrogen-bond acceptors (Lipinski definition) is 5. The van der Waals surface area contributed by atoms with Crippen LogP contribution >= 0.6 is 11.8 Å². The van der Waals surface area contributed by atoms with E-state index >= 15 is 0 Å². The summed E-state index contributed by atoms with van der Waals surface area (Å²) in [6.07, 6.45) is 0. The van der Waals surface area contributed by atoms with Crippen LogP contribution in [0.4, 0.5) is 0 Å². The average molecular weight is 221 g/mol. The summed E-state index contributed by atoms with van der Waals surface area (Å²) in [6.45, 7) is 3.45. The molecule has 0 aromatic heterocycles. The first-order valence-electron chi connectivity index (χ1n) is 4.64. The van der Waals surface area contributed by atoms with E-state index in [0.717, 1.165) is 18.1 Å². The molecule has 0 aliphatic carbocycles. The minimum atomic E-state index is -0.202. The van der Waals surface area contributed by atoms with Gasteiger partial charge in [0.05, 0.1) is 13.7 Å². The van der Waals surface area contributed by atoms with Crippen molar-refractivity contribution < 1.29 is 14.3 Å². The van der Waals surface area contributed by atoms with Gasteiger partial charge in [-0.1, -0.05) is 6.92 Å². The van der Waals surface area contributed by atoms with Gasteiger partial charge < -0.3 is 14.8 Å². The Kier molecular flexibility index (Phi) is 9.13. The van der Waals surface area contributed by atoms with Gasteiger partial charge in [-0.3, -0.25) is 4.79 Å². The van der Waals surface area contributed by atoms with Crippen molar-refractivity contribution in [1.29, 1.82) is 0 Å². The average Bonchev–Trinajstić information content (AvgIpc) is 2.21. The maximum Gasteiger partial charge on any atom is 0.323 e. The van der Waals surface area contributed by atoms with Crippen molar-refractivity contribution in [2.75, 3.05) is 38.9 Å². The molecule has 0 bridgehead atoms. The molecule has 1 unspecified atom stereocenters. The Hall–Kier alpha value is -0.260. The highest BCUT2D eigenvalue weighted by Crippen LogP contribution is 2.03. The van der Waals surface area contributed by atoms with Crippen molar-refractivity contribution in [3.05, 3.63) is 0 Å². The Morgan fingerprint density at radius 3 is 2.71 bits per heavy atom. The lowest BCUT2D eigenvalue weighted by atomic mass is 10.3. The minimum Gasteiger partial charge on any atom is -0.468 e. The Morgan fingerprint density at radius 2 is 2.21 bits per heavy atom. The largest absolute Gasteiger partial charge is 0.468 e. The van der Waals surface area contributed by atoms with Gasteiger partial charge in [-0.05, 0) is 6.54 Å². The number of carbonyl (C=O) groups excluding carboxylic acids is 1. The number of rotatable bonds is 8. The van der Waals surface area contributed by atoms with Crippen LogP contribution in [0.25, 0.3) is 0 Å². The van der Waals surface area contributed by atoms with Crippen molar-refractivity contribution in [3.8, 4) is 0 Å². The van der Waals surface area contributed by atoms with Crippen molar-refractivity contribution >= 4 is 17.7 Å². The number of nitrogens with one attached hydrogen (secondary N) is 1. The lowest BCUT2D eigenvalue weighted by Gasteiger charge is -2.14. The summed E-state index contributed by atoms with van der Waals surface area (Å²) >= 11 is 1.68. The maximum atomic E-state index is 11.2. The molecule has 0 fully saturated rings. The van der Waals surface area contributed by atoms with E-state index in [4.69, 9.17) is 4.74 Å². The molecule has 0 saturated heterocycles. The molecule has 0 aliphatic heterocycles. The van der Waals surface area contributed by atoms with Crippen LogP contribution in [0.15, 0.2) is 0 Å². The van der Waals surface area contributed by atoms with E-state index in [1.807, 2.05) is 6.92 Å². The van der Waals surface area contributed by atoms with Gasteiger partial charge in [0.25, 0.3) is 0 Å². The van der Waals surface area contributed by atoms with Crippen molar-refractivity contribution in [3.63, 3.8) is 0 Å². The molecule has 1 atom stereocenters. The van der Waals surface area contributed by atoms with Crippen LogP contribution in [0, 0.1) is 0 Å². The van der Waals surface area contributed by atoms with E-state index in [1.165, 1.54) is 7.11 Å². The van der Waals surface area contributed by atoms with Gasteiger partial charge in [0, 0.05) is 18.6 Å². The zero-order chi connectivity index (χ0) is 10.8. The third-order valence-corrected chi connectivity index (χ3v) is 2.68. The molecule has 0 heterocycles. The fourth-order valence-corrected chi connectivity index (χ4v) is 1.88. The first-order valence-corrected chi connectivity index (χ1v) is 5.79. The van der Waals surface area contributed by atoms with Crippen LogP contribution in [0.1, 0.15) is 6.92 Å². The molecular formula is C9H19NO3S. The highest BCUT2D eigenvalue weighted by Gasteiger charge is 2.16. The fourth-order valence-electron chi connectivity index (χ4n) is 0.942. The summed E-state index contributed by atoms with van der Waals surface area (Å²) in [5.74, 6) is 1.43. The second-order valence-electron chi connectivity index (χ2n) is 2.70. The first kappa shape index (κ1) is 13.7. The molecule has 0 aromatic rings. The summed E-state index contributed by atoms with van der Waals surface area (Å²) in [6, 6.07) is -0.202. The Labute approximate surface area is 89.7 Å². The van der Waals surface area contributed by atoms with Gasteiger partial charge in [-0.15, -0.1) is 0 Å². The monoisotopic (exact) mass is 221 g/mol. The van der Waals surface area contributed by atoms with Crippen LogP contribution in [-0.2, 0) is 14.3 Å². The highest BCUT2D eigenvalue weighted by atomic mass is 32.2. The maximum absolute atomic E-state index is 11.2. The summed E-state index contributed by atoms with van der Waals surface area (Å²) in [5, 5.41) is 3.07. The van der Waals surface area contributed by atoms with Crippen molar-refractivity contribution in [2.24, 2.45) is 0 Å². The number of ether oxygens (including phenoxy) is 2. The molecule has 0 aliphatic rings. The second kappa shape index (κ2) is 9.30. The summed E-state index contributed by atoms with van der Waals surface area (Å²) in [4.78, 5) is 11.2. The number of esters is 1. The first-order chi connectivity index (χ1) is 6.76. The molecular weight excluding hydrogens is 202 g/mol. The molecule has 4 nitrogen and oxygen atoms in total. The summed E-state index contributed by atoms with van der Waals surface area (Å²) < 4.78 is 9.59. The summed E-state index contributed by atoms with van der Waals surface area (Å²) in [5.41, 5.74) is 0. The highest BCUT2D eigenvalue weighted by molar-refractivity contribution is 7.99. The van der Waals surface area contributed by atoms with Gasteiger partial charge in [-0.25, -0.2) is 0 Å². The second-order valence-corrected chi connectivity index (χ2v) is 3.85. The zero-order valence-electron chi connectivity index (χ0n) is 9.04. The van der Waals surface area contributed by atoms with E-state index in [1.54, 1.807) is 18.9 Å². The third-order valence-electron chi connectivity index (χ3n) is 1.65. The zero-order valence-corrected chi connectivity index (χ0v) is 9.86. The minimum absolute atomic E-state index is 0.197. The van der Waals surface area contributed by atoms with Crippen LogP contribution < -0.4 is 5.32 Å². The molecule has 1 N–H and O–H groups in total. The van der Waals surface area contributed by atoms with Crippen LogP contribution in [0.3, 0.4) is 0 Å². The number of carbonyl (C=O) groups is 1. The summed E-state index contributed by atoms with van der Waals surface area (Å²) in [7, 11) is 3.08. The van der Waals surface area contributed by atoms with Gasteiger partial charge in [0.15, 0.2) is 0 Å². The number of thioether (sulfide) groups is 1. The van der Waals surface area contributed by atoms with E-state index in [-0.39, 0.29) is 12.0 Å². The molecule has 0 spiro atoms. The van der Waals surface area contributed by atoms with Crippen LogP contribution in [0.5, 0.6) is 0 Å². The molecule has 5 heteroatoms. The van der Waals surface area contributed by atoms with Crippen molar-refractivity contribution in [1.82, 2.24) is 5.32 Å². The Bertz CT molecular complexity index is 155. The molecule has 0 rings (SSSR count). The number of likely N-dealkylation sites (N-methyl/N-ethyl adjacent to an activating group) is 1. The topological polar surface area (TPSA) is 47.6 Å². The third kappa shape index (κ3) is 6.23. The standard InChI is InChI=1S/C9H19NO3S/c1-4-10-8(9(11)13-3)7-14-6-5-12-2/h8,10H,4-7H2,1-3H3. The van der Waals surface area contributed by atoms with Gasteiger partial charge >= 0.3 is 5.97 Å². The van der Waals surface area contributed by atoms with E-state index < -0.39 is 0 Å². The normalized spacial score (nSPS) is 12.5. The predicted molar refractivity (Wildman–Crippen MR) is 58.7 cm³/mol. The van der Waals surface area contributed by atoms with E-state index in [9.17, 15) is 4.79 Å². The SMILES string of the molecule is CCNC(CSCCOC)C(=O)OC. The fraction of sp³-hybridized carbons (Fsp3) is 0.889. The Morgan fingerprint density at radius 1 is 1.50 bits per heavy atom. The molecule has 0 saturated carbocycles. The van der Waals surface area contributed by atoms with Gasteiger partial charge in [0.2, 0.25) is 0 Å². The van der Waals surface area contributed by atoms with E-state index in [0.29, 0.717) is 6.61 Å². The number of hydrogen-bond donors (Lipinski definition) is 1. The lowest BCUT2D eigenvalue weighted by Crippen LogP contribution is -2.39. The van der Waals surface area contributed by atoms with Crippen LogP contribution in [0.2, 0.25) is 0 Å². The molecule has 0 radical (unpaired) electrons. The molecule has 0 amide bonds. The van der Waals surface area contributed by atoms with E-state index in [2.05, 4.69) is 10.1 Å². The predicted octanol–water partition coefficient (Wildman–Crippen LogP) is 0.517. The lowest BCUT2D eigenvalue weighted by molar-refractivity contribution is -0.142. The van der Waals surface area contributed by atoms with Crippen molar-refractivity contribution in [2.45, 2.75) is 13.0 Å². The smallest absolute Gasteiger partial charge is 0.323 e. The number of methoxy groups -OCH3 is 2.